The van der Waals surface area contributed by atoms with Crippen LogP contribution in [0.5, 0.6) is 0 Å². The van der Waals surface area contributed by atoms with E-state index in [1.807, 2.05) is 0 Å². The number of amides is 4. The topological polar surface area (TPSA) is 71.4 Å². The molecule has 7 heteroatoms. The number of nitrogens with one attached hydrogen (secondary N) is 1. The van der Waals surface area contributed by atoms with E-state index in [-0.39, 0.29) is 11.4 Å². The third-order valence-corrected chi connectivity index (χ3v) is 4.64. The number of imide groups is 2. The maximum atomic E-state index is 13.2. The van der Waals surface area contributed by atoms with Crippen LogP contribution < -0.4 is 10.2 Å². The minimum atomic E-state index is -0.791. The van der Waals surface area contributed by atoms with E-state index >= 15 is 0 Å². The molecule has 0 radical (unpaired) electrons. The van der Waals surface area contributed by atoms with Crippen molar-refractivity contribution in [3.63, 3.8) is 0 Å². The molecule has 4 rings (SSSR count). The number of hydrogen-bond donors (Lipinski definition) is 1. The Morgan fingerprint density at radius 1 is 0.931 bits per heavy atom. The molecular weight excluding hydrogens is 373 g/mol. The first kappa shape index (κ1) is 18.4. The van der Waals surface area contributed by atoms with Gasteiger partial charge in [-0.15, -0.1) is 0 Å². The normalized spacial score (nSPS) is 15.7. The highest BCUT2D eigenvalue weighted by atomic mass is 19.1. The molecule has 1 saturated heterocycles. The summed E-state index contributed by atoms with van der Waals surface area (Å²) in [6.07, 6.45) is 3.15. The zero-order chi connectivity index (χ0) is 20.5. The summed E-state index contributed by atoms with van der Waals surface area (Å²) in [4.78, 5) is 38.7. The number of urea groups is 1. The molecule has 29 heavy (non-hydrogen) atoms. The lowest BCUT2D eigenvalue weighted by Gasteiger charge is -2.27. The van der Waals surface area contributed by atoms with Crippen LogP contribution in [0.2, 0.25) is 0 Å². The van der Waals surface area contributed by atoms with E-state index in [0.29, 0.717) is 17.1 Å². The summed E-state index contributed by atoms with van der Waals surface area (Å²) in [7, 11) is 0. The Labute approximate surface area is 165 Å². The van der Waals surface area contributed by atoms with Gasteiger partial charge in [0.1, 0.15) is 11.4 Å². The van der Waals surface area contributed by atoms with Crippen LogP contribution in [0.25, 0.3) is 11.8 Å². The molecule has 1 fully saturated rings. The standard InChI is InChI=1S/C22H16FN3O3/c1-14-5-2-3-7-19(14)26-21(28)18(20(27)24-22(26)29)13-17-6-4-12-25(17)16-10-8-15(23)9-11-16/h2-13H,1H3,(H,24,27,29)/b18-13+. The maximum Gasteiger partial charge on any atom is 0.335 e. The molecule has 0 aliphatic carbocycles. The summed E-state index contributed by atoms with van der Waals surface area (Å²) in [6.45, 7) is 1.77. The number of aromatic nitrogens is 1. The number of anilines is 1. The SMILES string of the molecule is Cc1ccccc1N1C(=O)NC(=O)/C(=C\c2cccn2-c2ccc(F)cc2)C1=O. The third-order valence-electron chi connectivity index (χ3n) is 4.64. The second-order valence-electron chi connectivity index (χ2n) is 6.52. The summed E-state index contributed by atoms with van der Waals surface area (Å²) in [6, 6.07) is 15.4. The molecule has 0 unspecified atom stereocenters. The molecule has 144 valence electrons. The van der Waals surface area contributed by atoms with Gasteiger partial charge in [0.2, 0.25) is 0 Å². The van der Waals surface area contributed by atoms with Crippen molar-refractivity contribution in [3.05, 3.63) is 89.5 Å². The highest BCUT2D eigenvalue weighted by Gasteiger charge is 2.37. The summed E-state index contributed by atoms with van der Waals surface area (Å²) in [5.41, 5.74) is 2.16. The average Bonchev–Trinajstić information content (AvgIpc) is 3.15. The fourth-order valence-electron chi connectivity index (χ4n) is 3.19. The van der Waals surface area contributed by atoms with Crippen molar-refractivity contribution < 1.29 is 18.8 Å². The zero-order valence-electron chi connectivity index (χ0n) is 15.4. The lowest BCUT2D eigenvalue weighted by Crippen LogP contribution is -2.54. The van der Waals surface area contributed by atoms with Crippen molar-refractivity contribution >= 4 is 29.6 Å². The van der Waals surface area contributed by atoms with Crippen molar-refractivity contribution in [2.75, 3.05) is 4.90 Å². The van der Waals surface area contributed by atoms with Crippen LogP contribution in [0.3, 0.4) is 0 Å². The van der Waals surface area contributed by atoms with Gasteiger partial charge in [-0.05, 0) is 61.0 Å². The van der Waals surface area contributed by atoms with Crippen molar-refractivity contribution in [2.24, 2.45) is 0 Å². The first-order chi connectivity index (χ1) is 14.0. The van der Waals surface area contributed by atoms with Crippen LogP contribution in [0.1, 0.15) is 11.3 Å². The molecule has 0 bridgehead atoms. The van der Waals surface area contributed by atoms with Gasteiger partial charge in [0, 0.05) is 17.6 Å². The number of para-hydroxylation sites is 1. The molecule has 0 spiro atoms. The maximum absolute atomic E-state index is 13.2. The number of carbonyl (C=O) groups excluding carboxylic acids is 3. The summed E-state index contributed by atoms with van der Waals surface area (Å²) in [5.74, 6) is -1.84. The van der Waals surface area contributed by atoms with Gasteiger partial charge in [0.15, 0.2) is 0 Å². The Hall–Kier alpha value is -4.00. The zero-order valence-corrected chi connectivity index (χ0v) is 15.4. The molecule has 0 atom stereocenters. The van der Waals surface area contributed by atoms with E-state index in [4.69, 9.17) is 0 Å². The van der Waals surface area contributed by atoms with E-state index in [1.165, 1.54) is 18.2 Å². The van der Waals surface area contributed by atoms with Crippen molar-refractivity contribution in [1.29, 1.82) is 0 Å². The predicted octanol–water partition coefficient (Wildman–Crippen LogP) is 3.59. The van der Waals surface area contributed by atoms with E-state index < -0.39 is 17.8 Å². The number of rotatable bonds is 3. The van der Waals surface area contributed by atoms with Crippen LogP contribution in [0.4, 0.5) is 14.9 Å². The second kappa shape index (κ2) is 7.20. The molecule has 1 N–H and O–H groups in total. The van der Waals surface area contributed by atoms with Gasteiger partial charge in [0.05, 0.1) is 5.69 Å². The third kappa shape index (κ3) is 3.34. The van der Waals surface area contributed by atoms with Gasteiger partial charge < -0.3 is 4.57 Å². The molecule has 1 aliphatic heterocycles. The number of carbonyl (C=O) groups is 3. The lowest BCUT2D eigenvalue weighted by molar-refractivity contribution is -0.122. The fourth-order valence-corrected chi connectivity index (χ4v) is 3.19. The number of halogens is 1. The largest absolute Gasteiger partial charge is 0.335 e. The summed E-state index contributed by atoms with van der Waals surface area (Å²) in [5, 5.41) is 2.21. The molecule has 2 heterocycles. The number of barbiturate groups is 1. The minimum Gasteiger partial charge on any atom is -0.317 e. The molecule has 3 aromatic rings. The van der Waals surface area contributed by atoms with Gasteiger partial charge in [-0.2, -0.15) is 0 Å². The Balaban J connectivity index is 1.76. The van der Waals surface area contributed by atoms with Crippen molar-refractivity contribution in [2.45, 2.75) is 6.92 Å². The van der Waals surface area contributed by atoms with Gasteiger partial charge in [-0.1, -0.05) is 18.2 Å². The predicted molar refractivity (Wildman–Crippen MR) is 106 cm³/mol. The number of nitrogens with zero attached hydrogens (tertiary/aromatic N) is 2. The lowest BCUT2D eigenvalue weighted by atomic mass is 10.1. The highest BCUT2D eigenvalue weighted by Crippen LogP contribution is 2.25. The van der Waals surface area contributed by atoms with E-state index in [2.05, 4.69) is 5.32 Å². The Bertz CT molecular complexity index is 1160. The second-order valence-corrected chi connectivity index (χ2v) is 6.52. The van der Waals surface area contributed by atoms with Crippen LogP contribution in [-0.4, -0.2) is 22.4 Å². The van der Waals surface area contributed by atoms with Crippen molar-refractivity contribution in [3.8, 4) is 5.69 Å². The van der Waals surface area contributed by atoms with Crippen LogP contribution >= 0.6 is 0 Å². The molecule has 1 aromatic heterocycles. The van der Waals surface area contributed by atoms with E-state index in [9.17, 15) is 18.8 Å². The average molecular weight is 389 g/mol. The number of hydrogen-bond acceptors (Lipinski definition) is 3. The number of aryl methyl sites for hydroxylation is 1. The van der Waals surface area contributed by atoms with E-state index in [1.54, 1.807) is 66.2 Å². The van der Waals surface area contributed by atoms with Gasteiger partial charge in [-0.3, -0.25) is 14.9 Å². The molecule has 6 nitrogen and oxygen atoms in total. The van der Waals surface area contributed by atoms with Crippen LogP contribution in [0.15, 0.2) is 72.4 Å². The first-order valence-corrected chi connectivity index (χ1v) is 8.86. The van der Waals surface area contributed by atoms with Gasteiger partial charge >= 0.3 is 6.03 Å². The van der Waals surface area contributed by atoms with Gasteiger partial charge in [-0.25, -0.2) is 14.1 Å². The monoisotopic (exact) mass is 389 g/mol. The Morgan fingerprint density at radius 3 is 2.38 bits per heavy atom. The van der Waals surface area contributed by atoms with Gasteiger partial charge in [0.25, 0.3) is 11.8 Å². The smallest absolute Gasteiger partial charge is 0.317 e. The first-order valence-electron chi connectivity index (χ1n) is 8.86. The molecule has 4 amide bonds. The Morgan fingerprint density at radius 2 is 1.66 bits per heavy atom. The molecule has 1 aliphatic rings. The fraction of sp³-hybridized carbons (Fsp3) is 0.0455. The van der Waals surface area contributed by atoms with E-state index in [0.717, 1.165) is 10.5 Å². The minimum absolute atomic E-state index is 0.171. The Kier molecular flexibility index (Phi) is 4.56. The summed E-state index contributed by atoms with van der Waals surface area (Å²) >= 11 is 0. The highest BCUT2D eigenvalue weighted by molar-refractivity contribution is 6.39. The summed E-state index contributed by atoms with van der Waals surface area (Å²) < 4.78 is 14.9. The molecule has 0 saturated carbocycles. The molecular formula is C22H16FN3O3. The quantitative estimate of drug-likeness (QED) is 0.550. The van der Waals surface area contributed by atoms with Crippen molar-refractivity contribution in [1.82, 2.24) is 9.88 Å². The molecule has 2 aromatic carbocycles. The van der Waals surface area contributed by atoms with Crippen LogP contribution in [-0.2, 0) is 9.59 Å². The number of benzene rings is 2. The van der Waals surface area contributed by atoms with Crippen LogP contribution in [0, 0.1) is 12.7 Å².